The van der Waals surface area contributed by atoms with E-state index in [1.807, 2.05) is 4.90 Å². The molecule has 2 fully saturated rings. The Hall–Kier alpha value is -3.17. The van der Waals surface area contributed by atoms with Gasteiger partial charge in [-0.05, 0) is 61.9 Å². The van der Waals surface area contributed by atoms with E-state index in [1.165, 1.54) is 18.4 Å². The number of hydrogen-bond acceptors (Lipinski definition) is 4. The lowest BCUT2D eigenvalue weighted by atomic mass is 9.77. The van der Waals surface area contributed by atoms with Crippen LogP contribution in [0.5, 0.6) is 5.75 Å². The van der Waals surface area contributed by atoms with E-state index in [4.69, 9.17) is 4.42 Å². The molecule has 172 valence electrons. The zero-order valence-electron chi connectivity index (χ0n) is 17.6. The van der Waals surface area contributed by atoms with Crippen molar-refractivity contribution in [2.45, 2.75) is 32.5 Å². The van der Waals surface area contributed by atoms with Gasteiger partial charge in [-0.2, -0.15) is 0 Å². The number of anilines is 1. The number of alkyl halides is 3. The topological polar surface area (TPSA) is 75.0 Å². The molecule has 2 aromatic rings. The van der Waals surface area contributed by atoms with Crippen LogP contribution >= 0.6 is 0 Å². The highest BCUT2D eigenvalue weighted by Crippen LogP contribution is 2.41. The highest BCUT2D eigenvalue weighted by Gasteiger charge is 2.43. The van der Waals surface area contributed by atoms with E-state index < -0.39 is 6.36 Å². The van der Waals surface area contributed by atoms with Gasteiger partial charge < -0.3 is 24.3 Å². The first-order valence-electron chi connectivity index (χ1n) is 10.4. The maximum atomic E-state index is 12.7. The number of carbonyl (C=O) groups excluding carboxylic acids is 2. The van der Waals surface area contributed by atoms with Crippen LogP contribution in [0.4, 0.5) is 23.7 Å². The summed E-state index contributed by atoms with van der Waals surface area (Å²) in [6, 6.07) is 6.44. The first-order chi connectivity index (χ1) is 15.1. The molecule has 2 aliphatic rings. The molecule has 4 rings (SSSR count). The number of aryl methyl sites for hydroxylation is 1. The second kappa shape index (κ2) is 8.40. The molecule has 1 aromatic carbocycles. The molecule has 3 amide bonds. The van der Waals surface area contributed by atoms with Crippen LogP contribution in [0.1, 0.15) is 35.4 Å². The Bertz CT molecular complexity index is 979. The number of furan rings is 1. The molecule has 32 heavy (non-hydrogen) atoms. The molecule has 0 saturated carbocycles. The SMILES string of the molecule is Cc1occc1C(=O)N1CCC2(CCN(C(=O)Nc3ccc(OC(F)(F)F)cc3)C2)CC1. The van der Waals surface area contributed by atoms with E-state index in [2.05, 4.69) is 10.1 Å². The molecule has 0 radical (unpaired) electrons. The highest BCUT2D eigenvalue weighted by molar-refractivity contribution is 5.95. The number of carbonyl (C=O) groups is 2. The Kier molecular flexibility index (Phi) is 5.79. The standard InChI is InChI=1S/C22H24F3N3O4/c1-15-18(6-13-31-15)19(29)27-10-7-21(8-11-27)9-12-28(14-21)20(30)26-16-2-4-17(5-3-16)32-22(23,24)25/h2-6,13H,7-12,14H2,1H3,(H,26,30). The van der Waals surface area contributed by atoms with Gasteiger partial charge >= 0.3 is 12.4 Å². The summed E-state index contributed by atoms with van der Waals surface area (Å²) in [6.07, 6.45) is -0.776. The summed E-state index contributed by atoms with van der Waals surface area (Å²) in [4.78, 5) is 28.9. The lowest BCUT2D eigenvalue weighted by Gasteiger charge is -2.39. The van der Waals surface area contributed by atoms with Crippen LogP contribution in [-0.2, 0) is 0 Å². The number of hydrogen-bond donors (Lipinski definition) is 1. The summed E-state index contributed by atoms with van der Waals surface area (Å²) in [5.41, 5.74) is 0.950. The molecule has 1 spiro atoms. The second-order valence-electron chi connectivity index (χ2n) is 8.36. The molecule has 1 aromatic heterocycles. The minimum Gasteiger partial charge on any atom is -0.469 e. The summed E-state index contributed by atoms with van der Waals surface area (Å²) in [5, 5.41) is 2.72. The maximum absolute atomic E-state index is 12.7. The van der Waals surface area contributed by atoms with Crippen LogP contribution < -0.4 is 10.1 Å². The van der Waals surface area contributed by atoms with Gasteiger partial charge in [0.05, 0.1) is 11.8 Å². The summed E-state index contributed by atoms with van der Waals surface area (Å²) in [5.74, 6) is 0.233. The van der Waals surface area contributed by atoms with Crippen molar-refractivity contribution in [2.24, 2.45) is 5.41 Å². The Morgan fingerprint density at radius 1 is 1.03 bits per heavy atom. The van der Waals surface area contributed by atoms with Crippen LogP contribution in [0.25, 0.3) is 0 Å². The third-order valence-corrected chi connectivity index (χ3v) is 6.27. The molecule has 0 atom stereocenters. The fourth-order valence-corrected chi connectivity index (χ4v) is 4.42. The van der Waals surface area contributed by atoms with E-state index in [0.29, 0.717) is 43.2 Å². The Morgan fingerprint density at radius 2 is 1.66 bits per heavy atom. The first kappa shape index (κ1) is 22.0. The third-order valence-electron chi connectivity index (χ3n) is 6.27. The van der Waals surface area contributed by atoms with E-state index >= 15 is 0 Å². The van der Waals surface area contributed by atoms with Crippen molar-refractivity contribution in [1.29, 1.82) is 0 Å². The lowest BCUT2D eigenvalue weighted by Crippen LogP contribution is -2.45. The highest BCUT2D eigenvalue weighted by atomic mass is 19.4. The number of nitrogens with one attached hydrogen (secondary N) is 1. The van der Waals surface area contributed by atoms with Crippen molar-refractivity contribution in [1.82, 2.24) is 9.80 Å². The average molecular weight is 451 g/mol. The number of urea groups is 1. The van der Waals surface area contributed by atoms with E-state index in [9.17, 15) is 22.8 Å². The van der Waals surface area contributed by atoms with Crippen LogP contribution in [0.15, 0.2) is 41.0 Å². The summed E-state index contributed by atoms with van der Waals surface area (Å²) < 4.78 is 45.9. The Labute approximate surface area is 183 Å². The fourth-order valence-electron chi connectivity index (χ4n) is 4.42. The van der Waals surface area contributed by atoms with Gasteiger partial charge in [-0.25, -0.2) is 4.79 Å². The smallest absolute Gasteiger partial charge is 0.469 e. The third kappa shape index (κ3) is 4.84. The summed E-state index contributed by atoms with van der Waals surface area (Å²) in [7, 11) is 0. The van der Waals surface area contributed by atoms with Gasteiger partial charge in [0.1, 0.15) is 11.5 Å². The minimum absolute atomic E-state index is 0.0238. The predicted molar refractivity (Wildman–Crippen MR) is 109 cm³/mol. The van der Waals surface area contributed by atoms with Gasteiger partial charge in [0.15, 0.2) is 0 Å². The maximum Gasteiger partial charge on any atom is 0.573 e. The molecule has 1 N–H and O–H groups in total. The van der Waals surface area contributed by atoms with E-state index in [1.54, 1.807) is 17.9 Å². The van der Waals surface area contributed by atoms with Crippen LogP contribution in [0.3, 0.4) is 0 Å². The molecular formula is C22H24F3N3O4. The zero-order valence-corrected chi connectivity index (χ0v) is 17.6. The number of halogens is 3. The number of ether oxygens (including phenoxy) is 1. The number of likely N-dealkylation sites (tertiary alicyclic amines) is 2. The van der Waals surface area contributed by atoms with Crippen LogP contribution in [0.2, 0.25) is 0 Å². The van der Waals surface area contributed by atoms with Gasteiger partial charge in [-0.1, -0.05) is 0 Å². The number of nitrogens with zero attached hydrogens (tertiary/aromatic N) is 2. The number of amides is 3. The average Bonchev–Trinajstić information content (AvgIpc) is 3.35. The molecule has 10 heteroatoms. The molecule has 2 saturated heterocycles. The van der Waals surface area contributed by atoms with Crippen LogP contribution in [-0.4, -0.2) is 54.3 Å². The van der Waals surface area contributed by atoms with Crippen molar-refractivity contribution < 1.29 is 31.9 Å². The number of rotatable bonds is 3. The predicted octanol–water partition coefficient (Wildman–Crippen LogP) is 4.65. The summed E-state index contributed by atoms with van der Waals surface area (Å²) >= 11 is 0. The molecule has 3 heterocycles. The van der Waals surface area contributed by atoms with Gasteiger partial charge in [0, 0.05) is 31.9 Å². The van der Waals surface area contributed by atoms with E-state index in [-0.39, 0.29) is 23.1 Å². The second-order valence-corrected chi connectivity index (χ2v) is 8.36. The first-order valence-corrected chi connectivity index (χ1v) is 10.4. The van der Waals surface area contributed by atoms with Crippen molar-refractivity contribution in [3.63, 3.8) is 0 Å². The molecule has 0 aliphatic carbocycles. The van der Waals surface area contributed by atoms with Crippen molar-refractivity contribution in [2.75, 3.05) is 31.5 Å². The molecule has 0 bridgehead atoms. The van der Waals surface area contributed by atoms with Crippen molar-refractivity contribution in [3.05, 3.63) is 47.9 Å². The zero-order chi connectivity index (χ0) is 22.9. The number of benzene rings is 1. The van der Waals surface area contributed by atoms with Crippen molar-refractivity contribution >= 4 is 17.6 Å². The molecular weight excluding hydrogens is 427 g/mol. The molecule has 2 aliphatic heterocycles. The Balaban J connectivity index is 1.29. The monoisotopic (exact) mass is 451 g/mol. The Morgan fingerprint density at radius 3 is 2.22 bits per heavy atom. The largest absolute Gasteiger partial charge is 0.573 e. The van der Waals surface area contributed by atoms with Gasteiger partial charge in [0.25, 0.3) is 5.91 Å². The minimum atomic E-state index is -4.76. The molecule has 7 nitrogen and oxygen atoms in total. The number of piperidine rings is 1. The quantitative estimate of drug-likeness (QED) is 0.738. The molecule has 0 unspecified atom stereocenters. The van der Waals surface area contributed by atoms with Gasteiger partial charge in [-0.3, -0.25) is 4.79 Å². The van der Waals surface area contributed by atoms with Gasteiger partial charge in [0.2, 0.25) is 0 Å². The normalized spacial score (nSPS) is 18.1. The van der Waals surface area contributed by atoms with Crippen molar-refractivity contribution in [3.8, 4) is 5.75 Å². The van der Waals surface area contributed by atoms with Gasteiger partial charge in [-0.15, -0.1) is 13.2 Å². The van der Waals surface area contributed by atoms with E-state index in [0.717, 1.165) is 31.4 Å². The lowest BCUT2D eigenvalue weighted by molar-refractivity contribution is -0.274. The summed E-state index contributed by atoms with van der Waals surface area (Å²) in [6.45, 7) is 4.19. The van der Waals surface area contributed by atoms with Crippen LogP contribution in [0, 0.1) is 12.3 Å². The fraction of sp³-hybridized carbons (Fsp3) is 0.455.